The lowest BCUT2D eigenvalue weighted by Crippen LogP contribution is -2.06. The Bertz CT molecular complexity index is 282. The highest BCUT2D eigenvalue weighted by Crippen LogP contribution is 2.13. The zero-order valence-corrected chi connectivity index (χ0v) is 8.53. The fourth-order valence-corrected chi connectivity index (χ4v) is 1.26. The van der Waals surface area contributed by atoms with Gasteiger partial charge >= 0.3 is 0 Å². The van der Waals surface area contributed by atoms with Crippen LogP contribution in [-0.4, -0.2) is 11.7 Å². The molecule has 2 heteroatoms. The predicted octanol–water partition coefficient (Wildman–Crippen LogP) is 2.63. The maximum Gasteiger partial charge on any atom is 0.0460 e. The Hall–Kier alpha value is -1.28. The molecule has 0 saturated carbocycles. The highest BCUT2D eigenvalue weighted by molar-refractivity contribution is 5.47. The SMILES string of the molecule is C=C(CC(C)CO)Nc1ccccc1. The number of benzene rings is 1. The van der Waals surface area contributed by atoms with E-state index < -0.39 is 0 Å². The second kappa shape index (κ2) is 5.45. The second-order valence-corrected chi connectivity index (χ2v) is 3.59. The van der Waals surface area contributed by atoms with E-state index in [1.54, 1.807) is 0 Å². The van der Waals surface area contributed by atoms with Gasteiger partial charge in [-0.05, 0) is 24.5 Å². The van der Waals surface area contributed by atoms with Crippen LogP contribution in [0.2, 0.25) is 0 Å². The van der Waals surface area contributed by atoms with Crippen molar-refractivity contribution in [3.8, 4) is 0 Å². The van der Waals surface area contributed by atoms with Gasteiger partial charge in [-0.15, -0.1) is 0 Å². The van der Waals surface area contributed by atoms with Crippen molar-refractivity contribution in [3.05, 3.63) is 42.6 Å². The lowest BCUT2D eigenvalue weighted by atomic mass is 10.1. The van der Waals surface area contributed by atoms with Crippen LogP contribution in [0.4, 0.5) is 5.69 Å². The summed E-state index contributed by atoms with van der Waals surface area (Å²) in [4.78, 5) is 0. The van der Waals surface area contributed by atoms with E-state index in [0.717, 1.165) is 17.8 Å². The van der Waals surface area contributed by atoms with E-state index in [9.17, 15) is 0 Å². The Morgan fingerprint density at radius 2 is 2.07 bits per heavy atom. The average Bonchev–Trinajstić information content (AvgIpc) is 2.19. The number of aliphatic hydroxyl groups is 1. The molecule has 0 saturated heterocycles. The molecule has 0 amide bonds. The van der Waals surface area contributed by atoms with E-state index in [0.29, 0.717) is 0 Å². The summed E-state index contributed by atoms with van der Waals surface area (Å²) in [5.41, 5.74) is 1.99. The molecule has 2 N–H and O–H groups in total. The maximum atomic E-state index is 8.88. The summed E-state index contributed by atoms with van der Waals surface area (Å²) in [6.07, 6.45) is 0.797. The minimum absolute atomic E-state index is 0.204. The molecule has 0 radical (unpaired) electrons. The molecule has 0 heterocycles. The van der Waals surface area contributed by atoms with Crippen LogP contribution in [0.15, 0.2) is 42.6 Å². The third kappa shape index (κ3) is 3.62. The van der Waals surface area contributed by atoms with Crippen LogP contribution in [0, 0.1) is 5.92 Å². The van der Waals surface area contributed by atoms with Gasteiger partial charge in [-0.25, -0.2) is 0 Å². The third-order valence-electron chi connectivity index (χ3n) is 2.00. The minimum Gasteiger partial charge on any atom is -0.396 e. The Morgan fingerprint density at radius 1 is 1.43 bits per heavy atom. The summed E-state index contributed by atoms with van der Waals surface area (Å²) in [5.74, 6) is 0.263. The maximum absolute atomic E-state index is 8.88. The van der Waals surface area contributed by atoms with Crippen molar-refractivity contribution in [1.82, 2.24) is 0 Å². The van der Waals surface area contributed by atoms with E-state index >= 15 is 0 Å². The van der Waals surface area contributed by atoms with Gasteiger partial charge in [-0.3, -0.25) is 0 Å². The molecule has 1 aromatic carbocycles. The molecular weight excluding hydrogens is 174 g/mol. The molecule has 1 unspecified atom stereocenters. The summed E-state index contributed by atoms with van der Waals surface area (Å²) in [7, 11) is 0. The standard InChI is InChI=1S/C12H17NO/c1-10(9-14)8-11(2)13-12-6-4-3-5-7-12/h3-7,10,13-14H,2,8-9H2,1H3. The van der Waals surface area contributed by atoms with Crippen LogP contribution in [-0.2, 0) is 0 Å². The van der Waals surface area contributed by atoms with Gasteiger partial charge in [0.1, 0.15) is 0 Å². The lowest BCUT2D eigenvalue weighted by molar-refractivity contribution is 0.237. The van der Waals surface area contributed by atoms with Crippen molar-refractivity contribution in [3.63, 3.8) is 0 Å². The van der Waals surface area contributed by atoms with Gasteiger partial charge in [-0.2, -0.15) is 0 Å². The normalized spacial score (nSPS) is 12.1. The second-order valence-electron chi connectivity index (χ2n) is 3.59. The molecular formula is C12H17NO. The summed E-state index contributed by atoms with van der Waals surface area (Å²) in [6, 6.07) is 9.92. The Kier molecular flexibility index (Phi) is 4.20. The van der Waals surface area contributed by atoms with E-state index in [-0.39, 0.29) is 12.5 Å². The fraction of sp³-hybridized carbons (Fsp3) is 0.333. The number of rotatable bonds is 5. The minimum atomic E-state index is 0.204. The molecule has 0 aromatic heterocycles. The van der Waals surface area contributed by atoms with Crippen LogP contribution < -0.4 is 5.32 Å². The summed E-state index contributed by atoms with van der Waals surface area (Å²) < 4.78 is 0. The van der Waals surface area contributed by atoms with Gasteiger partial charge in [0.05, 0.1) is 0 Å². The summed E-state index contributed by atoms with van der Waals surface area (Å²) in [6.45, 7) is 6.12. The number of anilines is 1. The van der Waals surface area contributed by atoms with Crippen molar-refractivity contribution < 1.29 is 5.11 Å². The molecule has 1 atom stereocenters. The molecule has 14 heavy (non-hydrogen) atoms. The van der Waals surface area contributed by atoms with Gasteiger partial charge in [0.25, 0.3) is 0 Å². The molecule has 0 aliphatic rings. The fourth-order valence-electron chi connectivity index (χ4n) is 1.26. The van der Waals surface area contributed by atoms with Crippen LogP contribution in [0.3, 0.4) is 0 Å². The average molecular weight is 191 g/mol. The highest BCUT2D eigenvalue weighted by Gasteiger charge is 2.02. The quantitative estimate of drug-likeness (QED) is 0.750. The molecule has 0 aliphatic heterocycles. The zero-order chi connectivity index (χ0) is 10.4. The van der Waals surface area contributed by atoms with Crippen molar-refractivity contribution in [2.24, 2.45) is 5.92 Å². The number of allylic oxidation sites excluding steroid dienone is 1. The summed E-state index contributed by atoms with van der Waals surface area (Å²) in [5, 5.41) is 12.1. The molecule has 2 nitrogen and oxygen atoms in total. The smallest absolute Gasteiger partial charge is 0.0460 e. The number of aliphatic hydroxyl groups excluding tert-OH is 1. The highest BCUT2D eigenvalue weighted by atomic mass is 16.3. The Morgan fingerprint density at radius 3 is 2.64 bits per heavy atom. The molecule has 0 fully saturated rings. The van der Waals surface area contributed by atoms with Crippen LogP contribution >= 0.6 is 0 Å². The van der Waals surface area contributed by atoms with Crippen molar-refractivity contribution in [1.29, 1.82) is 0 Å². The monoisotopic (exact) mass is 191 g/mol. The molecule has 1 rings (SSSR count). The molecule has 0 bridgehead atoms. The van der Waals surface area contributed by atoms with E-state index in [4.69, 9.17) is 5.11 Å². The third-order valence-corrected chi connectivity index (χ3v) is 2.00. The van der Waals surface area contributed by atoms with Gasteiger partial charge in [-0.1, -0.05) is 31.7 Å². The predicted molar refractivity (Wildman–Crippen MR) is 60.1 cm³/mol. The Labute approximate surface area is 85.3 Å². The van der Waals surface area contributed by atoms with Crippen LogP contribution in [0.5, 0.6) is 0 Å². The Balaban J connectivity index is 2.42. The molecule has 76 valence electrons. The first kappa shape index (κ1) is 10.8. The molecule has 0 aliphatic carbocycles. The lowest BCUT2D eigenvalue weighted by Gasteiger charge is -2.12. The van der Waals surface area contributed by atoms with Gasteiger partial charge < -0.3 is 10.4 Å². The topological polar surface area (TPSA) is 32.3 Å². The van der Waals surface area contributed by atoms with E-state index in [1.165, 1.54) is 0 Å². The van der Waals surface area contributed by atoms with Crippen molar-refractivity contribution in [2.45, 2.75) is 13.3 Å². The molecule has 1 aromatic rings. The van der Waals surface area contributed by atoms with Gasteiger partial charge in [0, 0.05) is 18.0 Å². The van der Waals surface area contributed by atoms with Gasteiger partial charge in [0.15, 0.2) is 0 Å². The van der Waals surface area contributed by atoms with Crippen LogP contribution in [0.25, 0.3) is 0 Å². The van der Waals surface area contributed by atoms with E-state index in [2.05, 4.69) is 11.9 Å². The number of hydrogen-bond acceptors (Lipinski definition) is 2. The van der Waals surface area contributed by atoms with Gasteiger partial charge in [0.2, 0.25) is 0 Å². The summed E-state index contributed by atoms with van der Waals surface area (Å²) >= 11 is 0. The van der Waals surface area contributed by atoms with Crippen LogP contribution in [0.1, 0.15) is 13.3 Å². The number of nitrogens with one attached hydrogen (secondary N) is 1. The van der Waals surface area contributed by atoms with Crippen molar-refractivity contribution in [2.75, 3.05) is 11.9 Å². The first-order chi connectivity index (χ1) is 6.72. The largest absolute Gasteiger partial charge is 0.396 e. The number of hydrogen-bond donors (Lipinski definition) is 2. The van der Waals surface area contributed by atoms with Crippen molar-refractivity contribution >= 4 is 5.69 Å². The first-order valence-corrected chi connectivity index (χ1v) is 4.83. The van der Waals surface area contributed by atoms with E-state index in [1.807, 2.05) is 37.3 Å². The first-order valence-electron chi connectivity index (χ1n) is 4.83. The number of para-hydroxylation sites is 1. The zero-order valence-electron chi connectivity index (χ0n) is 8.53. The molecule has 0 spiro atoms.